The summed E-state index contributed by atoms with van der Waals surface area (Å²) in [6.07, 6.45) is 4.01. The Bertz CT molecular complexity index is 671. The molecule has 0 aromatic heterocycles. The molecule has 5 nitrogen and oxygen atoms in total. The zero-order valence-electron chi connectivity index (χ0n) is 15.0. The van der Waals surface area contributed by atoms with Crippen molar-refractivity contribution in [3.63, 3.8) is 0 Å². The van der Waals surface area contributed by atoms with Gasteiger partial charge in [-0.15, -0.1) is 0 Å². The predicted octanol–water partition coefficient (Wildman–Crippen LogP) is 2.37. The van der Waals surface area contributed by atoms with Crippen LogP contribution in [0, 0.1) is 0 Å². The number of benzene rings is 1. The lowest BCUT2D eigenvalue weighted by molar-refractivity contribution is -0.160. The van der Waals surface area contributed by atoms with E-state index in [1.54, 1.807) is 11.8 Å². The molecule has 5 heteroatoms. The zero-order valence-corrected chi connectivity index (χ0v) is 15.0. The van der Waals surface area contributed by atoms with Crippen LogP contribution >= 0.6 is 0 Å². The molecule has 0 unspecified atom stereocenters. The smallest absolute Gasteiger partial charge is 0.340 e. The molecule has 0 spiro atoms. The maximum absolute atomic E-state index is 13.3. The van der Waals surface area contributed by atoms with Gasteiger partial charge in [0.2, 0.25) is 5.54 Å². The first-order valence-corrected chi connectivity index (χ1v) is 9.09. The fourth-order valence-electron chi connectivity index (χ4n) is 3.79. The lowest BCUT2D eigenvalue weighted by Gasteiger charge is -2.33. The highest BCUT2D eigenvalue weighted by Crippen LogP contribution is 2.40. The average molecular weight is 342 g/mol. The van der Waals surface area contributed by atoms with Crippen molar-refractivity contribution < 1.29 is 14.3 Å². The van der Waals surface area contributed by atoms with Crippen LogP contribution in [0.1, 0.15) is 32.3 Å². The van der Waals surface area contributed by atoms with Gasteiger partial charge >= 0.3 is 5.97 Å². The molecule has 0 radical (unpaired) electrons. The summed E-state index contributed by atoms with van der Waals surface area (Å²) in [6.45, 7) is 6.54. The molecule has 0 saturated carbocycles. The second kappa shape index (κ2) is 7.40. The number of hydrogen-bond donors (Lipinski definition) is 0. The third-order valence-electron chi connectivity index (χ3n) is 5.02. The number of rotatable bonds is 7. The topological polar surface area (TPSA) is 49.9 Å². The van der Waals surface area contributed by atoms with Gasteiger partial charge in [-0.25, -0.2) is 4.79 Å². The summed E-state index contributed by atoms with van der Waals surface area (Å²) in [6, 6.07) is 9.89. The van der Waals surface area contributed by atoms with Crippen LogP contribution in [-0.2, 0) is 20.9 Å². The molecule has 1 atom stereocenters. The van der Waals surface area contributed by atoms with Crippen LogP contribution < -0.4 is 0 Å². The van der Waals surface area contributed by atoms with Crippen molar-refractivity contribution in [2.45, 2.75) is 38.8 Å². The van der Waals surface area contributed by atoms with Crippen molar-refractivity contribution in [1.82, 2.24) is 9.80 Å². The van der Waals surface area contributed by atoms with Crippen molar-refractivity contribution >= 4 is 11.9 Å². The molecule has 0 bridgehead atoms. The Morgan fingerprint density at radius 2 is 2.00 bits per heavy atom. The number of carbonyl (C=O) groups excluding carboxylic acids is 2. The van der Waals surface area contributed by atoms with E-state index in [9.17, 15) is 9.59 Å². The highest BCUT2D eigenvalue weighted by Gasteiger charge is 2.62. The highest BCUT2D eigenvalue weighted by atomic mass is 16.5. The number of amides is 1. The number of esters is 1. The van der Waals surface area contributed by atoms with Gasteiger partial charge in [0.15, 0.2) is 0 Å². The van der Waals surface area contributed by atoms with Gasteiger partial charge in [0.1, 0.15) is 0 Å². The first-order chi connectivity index (χ1) is 12.1. The number of likely N-dealkylation sites (tertiary alicyclic amines) is 1. The molecule has 2 aliphatic heterocycles. The zero-order chi connectivity index (χ0) is 17.9. The number of nitrogens with zero attached hydrogens (tertiary/aromatic N) is 2. The van der Waals surface area contributed by atoms with Gasteiger partial charge in [-0.2, -0.15) is 0 Å². The highest BCUT2D eigenvalue weighted by molar-refractivity contribution is 6.13. The van der Waals surface area contributed by atoms with Crippen molar-refractivity contribution in [2.75, 3.05) is 26.2 Å². The summed E-state index contributed by atoms with van der Waals surface area (Å²) >= 11 is 0. The average Bonchev–Trinajstić information content (AvgIpc) is 3.11. The third kappa shape index (κ3) is 2.97. The Balaban J connectivity index is 1.90. The van der Waals surface area contributed by atoms with Crippen molar-refractivity contribution in [3.05, 3.63) is 47.5 Å². The molecular formula is C20H26N2O3. The Kier molecular flexibility index (Phi) is 5.23. The van der Waals surface area contributed by atoms with E-state index < -0.39 is 11.5 Å². The quantitative estimate of drug-likeness (QED) is 0.434. The molecule has 25 heavy (non-hydrogen) atoms. The number of hydrogen-bond acceptors (Lipinski definition) is 4. The van der Waals surface area contributed by atoms with Crippen molar-refractivity contribution in [2.24, 2.45) is 0 Å². The van der Waals surface area contributed by atoms with Crippen LogP contribution in [0.15, 0.2) is 42.0 Å². The van der Waals surface area contributed by atoms with E-state index in [1.165, 1.54) is 0 Å². The summed E-state index contributed by atoms with van der Waals surface area (Å²) in [5.41, 5.74) is 0.707. The number of ether oxygens (including phenoxy) is 1. The molecule has 2 heterocycles. The second-order valence-corrected chi connectivity index (χ2v) is 6.61. The summed E-state index contributed by atoms with van der Waals surface area (Å²) < 4.78 is 5.34. The predicted molar refractivity (Wildman–Crippen MR) is 95.8 cm³/mol. The second-order valence-electron chi connectivity index (χ2n) is 6.61. The van der Waals surface area contributed by atoms with E-state index in [0.717, 1.165) is 30.5 Å². The Labute approximate surface area is 149 Å². The normalized spacial score (nSPS) is 22.9. The maximum Gasteiger partial charge on any atom is 0.340 e. The standard InChI is InChI=1S/C20H26N2O3/c1-3-5-12-22-13-11-17-15-21(14-16-9-7-6-8-10-16)18(23)20(17,22)19(24)25-4-2/h6-11H,3-5,12-15H2,1-2H3/t20-/m1/s1. The fourth-order valence-corrected chi connectivity index (χ4v) is 3.79. The summed E-state index contributed by atoms with van der Waals surface area (Å²) in [4.78, 5) is 30.0. The van der Waals surface area contributed by atoms with Gasteiger partial charge in [0.05, 0.1) is 6.61 Å². The molecule has 1 aromatic carbocycles. The summed E-state index contributed by atoms with van der Waals surface area (Å²) in [7, 11) is 0. The maximum atomic E-state index is 13.3. The van der Waals surface area contributed by atoms with Crippen LogP contribution in [-0.4, -0.2) is 53.5 Å². The van der Waals surface area contributed by atoms with Gasteiger partial charge < -0.3 is 9.64 Å². The van der Waals surface area contributed by atoms with Gasteiger partial charge in [0.25, 0.3) is 5.91 Å². The van der Waals surface area contributed by atoms with E-state index >= 15 is 0 Å². The summed E-state index contributed by atoms with van der Waals surface area (Å²) in [5, 5.41) is 0. The molecule has 134 valence electrons. The lowest BCUT2D eigenvalue weighted by atomic mass is 9.92. The van der Waals surface area contributed by atoms with E-state index in [-0.39, 0.29) is 12.5 Å². The molecule has 0 aliphatic carbocycles. The lowest BCUT2D eigenvalue weighted by Crippen LogP contribution is -2.59. The minimum absolute atomic E-state index is 0.144. The molecular weight excluding hydrogens is 316 g/mol. The molecule has 3 rings (SSSR count). The fraction of sp³-hybridized carbons (Fsp3) is 0.500. The SMILES string of the molecule is CCCCN1CC=C2CN(Cc3ccccc3)C(=O)[C@@]21C(=O)OCC. The van der Waals surface area contributed by atoms with Crippen LogP contribution in [0.3, 0.4) is 0 Å². The van der Waals surface area contributed by atoms with Crippen LogP contribution in [0.5, 0.6) is 0 Å². The van der Waals surface area contributed by atoms with Gasteiger partial charge in [-0.1, -0.05) is 49.8 Å². The molecule has 1 amide bonds. The first-order valence-electron chi connectivity index (χ1n) is 9.09. The molecule has 2 aliphatic rings. The van der Waals surface area contributed by atoms with Crippen molar-refractivity contribution in [3.8, 4) is 0 Å². The molecule has 0 N–H and O–H groups in total. The minimum atomic E-state index is -1.24. The molecule has 1 aromatic rings. The van der Waals surface area contributed by atoms with Gasteiger partial charge in [-0.05, 0) is 24.5 Å². The van der Waals surface area contributed by atoms with Crippen LogP contribution in [0.25, 0.3) is 0 Å². The largest absolute Gasteiger partial charge is 0.464 e. The van der Waals surface area contributed by atoms with Gasteiger partial charge in [-0.3, -0.25) is 9.69 Å². The molecule has 1 fully saturated rings. The van der Waals surface area contributed by atoms with E-state index in [0.29, 0.717) is 19.6 Å². The first kappa shape index (κ1) is 17.7. The number of carbonyl (C=O) groups is 2. The minimum Gasteiger partial charge on any atom is -0.464 e. The van der Waals surface area contributed by atoms with Crippen LogP contribution in [0.2, 0.25) is 0 Å². The van der Waals surface area contributed by atoms with E-state index in [2.05, 4.69) is 6.92 Å². The number of unbranched alkanes of at least 4 members (excludes halogenated alkanes) is 1. The number of fused-ring (bicyclic) bond motifs is 1. The van der Waals surface area contributed by atoms with E-state index in [1.807, 2.05) is 41.3 Å². The Morgan fingerprint density at radius 3 is 2.68 bits per heavy atom. The Morgan fingerprint density at radius 1 is 1.24 bits per heavy atom. The molecule has 1 saturated heterocycles. The van der Waals surface area contributed by atoms with E-state index in [4.69, 9.17) is 4.74 Å². The monoisotopic (exact) mass is 342 g/mol. The van der Waals surface area contributed by atoms with Crippen molar-refractivity contribution in [1.29, 1.82) is 0 Å². The Hall–Kier alpha value is -2.14. The van der Waals surface area contributed by atoms with Gasteiger partial charge in [0, 0.05) is 26.2 Å². The van der Waals surface area contributed by atoms with Crippen LogP contribution in [0.4, 0.5) is 0 Å². The third-order valence-corrected chi connectivity index (χ3v) is 5.02. The summed E-state index contributed by atoms with van der Waals surface area (Å²) in [5.74, 6) is -0.565.